The molecular formula is C20H20BrNO2S. The van der Waals surface area contributed by atoms with E-state index in [9.17, 15) is 4.79 Å². The molecule has 0 N–H and O–H groups in total. The van der Waals surface area contributed by atoms with Crippen LogP contribution >= 0.6 is 27.7 Å². The zero-order valence-corrected chi connectivity index (χ0v) is 16.6. The fourth-order valence-electron chi connectivity index (χ4n) is 2.84. The summed E-state index contributed by atoms with van der Waals surface area (Å²) >= 11 is 5.32. The van der Waals surface area contributed by atoms with Crippen molar-refractivity contribution in [1.82, 2.24) is 4.90 Å². The molecule has 1 aliphatic heterocycles. The Morgan fingerprint density at radius 3 is 2.84 bits per heavy atom. The molecule has 3 rings (SSSR count). The number of ether oxygens (including phenoxy) is 1. The van der Waals surface area contributed by atoms with Crippen molar-refractivity contribution in [1.29, 1.82) is 0 Å². The number of amides is 1. The molecule has 1 aliphatic rings. The molecule has 1 heterocycles. The predicted octanol–water partition coefficient (Wildman–Crippen LogP) is 5.05. The van der Waals surface area contributed by atoms with Crippen molar-refractivity contribution in [2.24, 2.45) is 0 Å². The summed E-state index contributed by atoms with van der Waals surface area (Å²) in [5.41, 5.74) is 3.34. The van der Waals surface area contributed by atoms with Gasteiger partial charge in [-0.15, -0.1) is 11.8 Å². The third-order valence-electron chi connectivity index (χ3n) is 4.23. The molecule has 1 saturated heterocycles. The SMILES string of the molecule is COc1ccc(C2SCCN2C(=O)/C=C/c2ccccc2C)cc1Br. The molecule has 1 fully saturated rings. The van der Waals surface area contributed by atoms with E-state index in [0.717, 1.165) is 39.2 Å². The number of thioether (sulfide) groups is 1. The van der Waals surface area contributed by atoms with Crippen LogP contribution in [0.4, 0.5) is 0 Å². The Balaban J connectivity index is 1.78. The van der Waals surface area contributed by atoms with Gasteiger partial charge in [0.1, 0.15) is 11.1 Å². The smallest absolute Gasteiger partial charge is 0.247 e. The summed E-state index contributed by atoms with van der Waals surface area (Å²) in [5, 5.41) is 0.0382. The number of methoxy groups -OCH3 is 1. The summed E-state index contributed by atoms with van der Waals surface area (Å²) in [6, 6.07) is 14.1. The van der Waals surface area contributed by atoms with Gasteiger partial charge in [0.15, 0.2) is 0 Å². The van der Waals surface area contributed by atoms with Crippen molar-refractivity contribution < 1.29 is 9.53 Å². The number of halogens is 1. The molecule has 5 heteroatoms. The zero-order chi connectivity index (χ0) is 17.8. The van der Waals surface area contributed by atoms with Gasteiger partial charge in [0.2, 0.25) is 5.91 Å². The molecule has 0 saturated carbocycles. The van der Waals surface area contributed by atoms with Crippen LogP contribution in [0.1, 0.15) is 22.1 Å². The van der Waals surface area contributed by atoms with Gasteiger partial charge in [0.05, 0.1) is 11.6 Å². The lowest BCUT2D eigenvalue weighted by Crippen LogP contribution is -2.28. The summed E-state index contributed by atoms with van der Waals surface area (Å²) in [5.74, 6) is 1.78. The number of aryl methyl sites for hydroxylation is 1. The maximum Gasteiger partial charge on any atom is 0.247 e. The Bertz CT molecular complexity index is 806. The lowest BCUT2D eigenvalue weighted by atomic mass is 10.1. The molecule has 1 atom stereocenters. The predicted molar refractivity (Wildman–Crippen MR) is 108 cm³/mol. The van der Waals surface area contributed by atoms with Gasteiger partial charge in [0.25, 0.3) is 0 Å². The van der Waals surface area contributed by atoms with Crippen molar-refractivity contribution in [2.45, 2.75) is 12.3 Å². The minimum absolute atomic E-state index is 0.0382. The normalized spacial score (nSPS) is 17.2. The van der Waals surface area contributed by atoms with E-state index in [1.807, 2.05) is 60.4 Å². The van der Waals surface area contributed by atoms with Gasteiger partial charge in [-0.1, -0.05) is 30.3 Å². The second kappa shape index (κ2) is 8.11. The van der Waals surface area contributed by atoms with Crippen molar-refractivity contribution in [3.63, 3.8) is 0 Å². The number of carbonyl (C=O) groups excluding carboxylic acids is 1. The van der Waals surface area contributed by atoms with Gasteiger partial charge in [0, 0.05) is 18.4 Å². The number of rotatable bonds is 4. The van der Waals surface area contributed by atoms with E-state index in [4.69, 9.17) is 4.74 Å². The van der Waals surface area contributed by atoms with Crippen molar-refractivity contribution in [3.8, 4) is 5.75 Å². The first-order valence-electron chi connectivity index (χ1n) is 8.09. The topological polar surface area (TPSA) is 29.5 Å². The fourth-order valence-corrected chi connectivity index (χ4v) is 4.65. The summed E-state index contributed by atoms with van der Waals surface area (Å²) < 4.78 is 6.20. The first kappa shape index (κ1) is 18.1. The number of hydrogen-bond acceptors (Lipinski definition) is 3. The zero-order valence-electron chi connectivity index (χ0n) is 14.2. The summed E-state index contributed by atoms with van der Waals surface area (Å²) in [6.45, 7) is 2.81. The first-order chi connectivity index (χ1) is 12.1. The van der Waals surface area contributed by atoms with Gasteiger partial charge >= 0.3 is 0 Å². The highest BCUT2D eigenvalue weighted by atomic mass is 79.9. The van der Waals surface area contributed by atoms with Gasteiger partial charge in [-0.25, -0.2) is 0 Å². The first-order valence-corrected chi connectivity index (χ1v) is 9.93. The van der Waals surface area contributed by atoms with E-state index in [1.54, 1.807) is 24.9 Å². The molecule has 130 valence electrons. The van der Waals surface area contributed by atoms with Gasteiger partial charge in [-0.3, -0.25) is 4.79 Å². The van der Waals surface area contributed by atoms with E-state index in [2.05, 4.69) is 15.9 Å². The van der Waals surface area contributed by atoms with Crippen LogP contribution in [0.15, 0.2) is 53.0 Å². The van der Waals surface area contributed by atoms with Crippen LogP contribution in [0, 0.1) is 6.92 Å². The Hall–Kier alpha value is -1.72. The van der Waals surface area contributed by atoms with E-state index in [0.29, 0.717) is 0 Å². The molecule has 0 aliphatic carbocycles. The third-order valence-corrected chi connectivity index (χ3v) is 6.11. The highest BCUT2D eigenvalue weighted by Crippen LogP contribution is 2.40. The average molecular weight is 418 g/mol. The Morgan fingerprint density at radius 2 is 2.12 bits per heavy atom. The monoisotopic (exact) mass is 417 g/mol. The standard InChI is InChI=1S/C20H20BrNO2S/c1-14-5-3-4-6-15(14)8-10-19(23)22-11-12-25-20(22)16-7-9-18(24-2)17(21)13-16/h3-10,13,20H,11-12H2,1-2H3/b10-8+. The number of hydrogen-bond donors (Lipinski definition) is 0. The number of nitrogens with zero attached hydrogens (tertiary/aromatic N) is 1. The minimum atomic E-state index is 0.0382. The molecule has 25 heavy (non-hydrogen) atoms. The lowest BCUT2D eigenvalue weighted by Gasteiger charge is -2.23. The van der Waals surface area contributed by atoms with Crippen molar-refractivity contribution in [3.05, 3.63) is 69.7 Å². The maximum absolute atomic E-state index is 12.7. The van der Waals surface area contributed by atoms with Crippen LogP contribution in [-0.2, 0) is 4.79 Å². The second-order valence-electron chi connectivity index (χ2n) is 5.84. The summed E-state index contributed by atoms with van der Waals surface area (Å²) in [6.07, 6.45) is 3.58. The molecular weight excluding hydrogens is 398 g/mol. The third kappa shape index (κ3) is 4.10. The molecule has 0 bridgehead atoms. The van der Waals surface area contributed by atoms with Gasteiger partial charge in [-0.05, 0) is 57.8 Å². The molecule has 2 aromatic rings. The average Bonchev–Trinajstić information content (AvgIpc) is 3.10. The van der Waals surface area contributed by atoms with Crippen LogP contribution in [0.3, 0.4) is 0 Å². The Labute approximate surface area is 161 Å². The highest BCUT2D eigenvalue weighted by molar-refractivity contribution is 9.10. The fraction of sp³-hybridized carbons (Fsp3) is 0.250. The summed E-state index contributed by atoms with van der Waals surface area (Å²) in [7, 11) is 1.65. The van der Waals surface area contributed by atoms with E-state index >= 15 is 0 Å². The lowest BCUT2D eigenvalue weighted by molar-refractivity contribution is -0.126. The molecule has 0 spiro atoms. The van der Waals surface area contributed by atoms with Crippen molar-refractivity contribution in [2.75, 3.05) is 19.4 Å². The molecule has 1 unspecified atom stereocenters. The van der Waals surface area contributed by atoms with Crippen molar-refractivity contribution >= 4 is 39.7 Å². The van der Waals surface area contributed by atoms with Crippen LogP contribution in [-0.4, -0.2) is 30.2 Å². The molecule has 0 aromatic heterocycles. The molecule has 0 radical (unpaired) electrons. The quantitative estimate of drug-likeness (QED) is 0.651. The van der Waals surface area contributed by atoms with E-state index in [1.165, 1.54) is 0 Å². The number of benzene rings is 2. The largest absolute Gasteiger partial charge is 0.496 e. The molecule has 3 nitrogen and oxygen atoms in total. The van der Waals surface area contributed by atoms with E-state index < -0.39 is 0 Å². The second-order valence-corrected chi connectivity index (χ2v) is 7.88. The van der Waals surface area contributed by atoms with Crippen LogP contribution in [0.5, 0.6) is 5.75 Å². The van der Waals surface area contributed by atoms with E-state index in [-0.39, 0.29) is 11.3 Å². The summed E-state index contributed by atoms with van der Waals surface area (Å²) in [4.78, 5) is 14.6. The Morgan fingerprint density at radius 1 is 1.32 bits per heavy atom. The van der Waals surface area contributed by atoms with Crippen LogP contribution in [0.25, 0.3) is 6.08 Å². The molecule has 1 amide bonds. The van der Waals surface area contributed by atoms with Gasteiger partial charge < -0.3 is 9.64 Å². The maximum atomic E-state index is 12.7. The number of carbonyl (C=O) groups is 1. The van der Waals surface area contributed by atoms with Gasteiger partial charge in [-0.2, -0.15) is 0 Å². The van der Waals surface area contributed by atoms with Crippen LogP contribution < -0.4 is 4.74 Å². The highest BCUT2D eigenvalue weighted by Gasteiger charge is 2.29. The Kier molecular flexibility index (Phi) is 5.86. The minimum Gasteiger partial charge on any atom is -0.496 e. The molecule has 2 aromatic carbocycles. The van der Waals surface area contributed by atoms with Crippen LogP contribution in [0.2, 0.25) is 0 Å².